The summed E-state index contributed by atoms with van der Waals surface area (Å²) in [5.74, 6) is 0. The zero-order chi connectivity index (χ0) is 56.5. The molecule has 0 N–H and O–H groups in total. The van der Waals surface area contributed by atoms with Crippen LogP contribution in [-0.2, 0) is 16.6 Å². The molecule has 4 heterocycles. The minimum Gasteiger partial charge on any atom is -0.335 e. The molecule has 0 aliphatic rings. The zero-order valence-electron chi connectivity index (χ0n) is 48.6. The summed E-state index contributed by atoms with van der Waals surface area (Å²) in [6.45, 7) is 20.6. The van der Waals surface area contributed by atoms with Crippen LogP contribution in [-0.4, -0.2) is 18.3 Å². The highest BCUT2D eigenvalue weighted by atomic mass is 15.1. The van der Waals surface area contributed by atoms with Crippen molar-refractivity contribution in [1.82, 2.24) is 18.3 Å². The van der Waals surface area contributed by atoms with Crippen LogP contribution in [0, 0.1) is 0 Å². The van der Waals surface area contributed by atoms with Gasteiger partial charge in [0.15, 0.2) is 0 Å². The average Bonchev–Trinajstić information content (AvgIpc) is 1.62. The van der Waals surface area contributed by atoms with Gasteiger partial charge in [-0.25, -0.2) is 0 Å². The van der Waals surface area contributed by atoms with Crippen molar-refractivity contribution in [2.75, 3.05) is 0 Å². The van der Waals surface area contributed by atoms with E-state index in [-0.39, 0.29) is 46.3 Å². The summed E-state index contributed by atoms with van der Waals surface area (Å²) in [6.07, 6.45) is 0. The first kappa shape index (κ1) is 61.2. The van der Waals surface area contributed by atoms with Crippen molar-refractivity contribution in [2.45, 2.75) is 109 Å². The smallest absolute Gasteiger partial charge is 0.0576 e. The van der Waals surface area contributed by atoms with Gasteiger partial charge in [-0.05, 0) is 121 Å². The van der Waals surface area contributed by atoms with E-state index in [1.807, 2.05) is 0 Å². The molecule has 0 radical (unpaired) electrons. The first-order valence-electron chi connectivity index (χ1n) is 28.9. The first-order chi connectivity index (χ1) is 39.7. The maximum absolute atomic E-state index is 2.54. The highest BCUT2D eigenvalue weighted by molar-refractivity contribution is 6.17. The standard InChI is InChI=1S/C28H24N2.C28H25N.C22H21N.4CH4/c1-28(2,3)30-26-15-9-6-12-22(26)23-18-19(16-17-27(23)30)29-24-13-7-4-10-20(24)21-11-5-8-14-25(21)29;1-28(2,3)29-26-22(20-12-6-4-7-13-20)16-10-18-24(26)25-19-11-17-23(27(25)29)21-14-8-5-9-15-21;1-22(2,3)23-20-15-8-7-12-18(20)19-14-9-13-17(21(19)23)16-10-5-4-6-11-16;;;;/h4-18H,1-3H3;4-19H,1-3H3;4-15H,1-3H3;4*1H4. The van der Waals surface area contributed by atoms with E-state index in [0.29, 0.717) is 0 Å². The number of aromatic nitrogens is 4. The van der Waals surface area contributed by atoms with E-state index in [0.717, 1.165) is 0 Å². The van der Waals surface area contributed by atoms with Crippen molar-refractivity contribution in [3.63, 3.8) is 0 Å². The van der Waals surface area contributed by atoms with Crippen LogP contribution < -0.4 is 0 Å². The molecule has 0 saturated heterocycles. The van der Waals surface area contributed by atoms with Crippen molar-refractivity contribution in [3.8, 4) is 39.1 Å². The Kier molecular flexibility index (Phi) is 17.0. The predicted molar refractivity (Wildman–Crippen MR) is 381 cm³/mol. The summed E-state index contributed by atoms with van der Waals surface area (Å²) >= 11 is 0. The molecule has 4 aromatic heterocycles. The van der Waals surface area contributed by atoms with Crippen LogP contribution >= 0.6 is 0 Å². The molecule has 11 aromatic carbocycles. The van der Waals surface area contributed by atoms with Crippen LogP contribution in [0.15, 0.2) is 261 Å². The van der Waals surface area contributed by atoms with Crippen molar-refractivity contribution in [1.29, 1.82) is 0 Å². The number of benzene rings is 11. The van der Waals surface area contributed by atoms with Crippen LogP contribution in [0.4, 0.5) is 0 Å². The molecule has 0 spiro atoms. The van der Waals surface area contributed by atoms with Gasteiger partial charge in [0, 0.05) is 98.6 Å². The first-order valence-corrected chi connectivity index (χ1v) is 28.9. The minimum atomic E-state index is -0.0598. The van der Waals surface area contributed by atoms with Crippen molar-refractivity contribution >= 4 is 87.2 Å². The van der Waals surface area contributed by atoms with Gasteiger partial charge in [0.25, 0.3) is 0 Å². The molecule has 0 unspecified atom stereocenters. The highest BCUT2D eigenvalue weighted by Crippen LogP contribution is 2.44. The second-order valence-electron chi connectivity index (χ2n) is 24.8. The third kappa shape index (κ3) is 10.6. The molecule has 4 nitrogen and oxygen atoms in total. The lowest BCUT2D eigenvalue weighted by atomic mass is 10.0. The molecular weight excluding hydrogens is 1040 g/mol. The Labute approximate surface area is 511 Å². The van der Waals surface area contributed by atoms with E-state index in [1.54, 1.807) is 0 Å². The molecule has 434 valence electrons. The highest BCUT2D eigenvalue weighted by Gasteiger charge is 2.27. The molecule has 15 rings (SSSR count). The molecule has 0 bridgehead atoms. The van der Waals surface area contributed by atoms with Gasteiger partial charge in [0.1, 0.15) is 0 Å². The lowest BCUT2D eigenvalue weighted by Gasteiger charge is -2.26. The fraction of sp³-hybridized carbons (Fsp3) is 0.195. The average molecular weight is 1130 g/mol. The maximum atomic E-state index is 2.54. The van der Waals surface area contributed by atoms with Crippen molar-refractivity contribution in [3.05, 3.63) is 261 Å². The summed E-state index contributed by atoms with van der Waals surface area (Å²) < 4.78 is 9.89. The van der Waals surface area contributed by atoms with Gasteiger partial charge in [0.05, 0.1) is 27.6 Å². The van der Waals surface area contributed by atoms with Crippen LogP contribution in [0.2, 0.25) is 0 Å². The Morgan fingerprint density at radius 3 is 0.884 bits per heavy atom. The van der Waals surface area contributed by atoms with E-state index in [1.165, 1.54) is 126 Å². The van der Waals surface area contributed by atoms with Gasteiger partial charge in [-0.2, -0.15) is 0 Å². The third-order valence-electron chi connectivity index (χ3n) is 16.3. The molecule has 0 saturated carbocycles. The summed E-state index contributed by atoms with van der Waals surface area (Å²) in [6, 6.07) is 94.0. The maximum Gasteiger partial charge on any atom is 0.0576 e. The third-order valence-corrected chi connectivity index (χ3v) is 16.3. The number of hydrogen-bond donors (Lipinski definition) is 0. The molecule has 0 amide bonds. The Hall–Kier alpha value is -9.38. The Morgan fingerprint density at radius 1 is 0.221 bits per heavy atom. The topological polar surface area (TPSA) is 19.7 Å². The van der Waals surface area contributed by atoms with Crippen LogP contribution in [0.5, 0.6) is 0 Å². The van der Waals surface area contributed by atoms with E-state index in [2.05, 4.69) is 341 Å². The Balaban J connectivity index is 0.000000152. The minimum absolute atomic E-state index is 0. The summed E-state index contributed by atoms with van der Waals surface area (Å²) in [7, 11) is 0. The number of hydrogen-bond acceptors (Lipinski definition) is 0. The fourth-order valence-corrected chi connectivity index (χ4v) is 13.1. The zero-order valence-corrected chi connectivity index (χ0v) is 48.6. The molecule has 86 heavy (non-hydrogen) atoms. The molecule has 15 aromatic rings. The molecule has 4 heteroatoms. The Morgan fingerprint density at radius 2 is 0.500 bits per heavy atom. The number of rotatable bonds is 4. The van der Waals surface area contributed by atoms with Gasteiger partial charge >= 0.3 is 0 Å². The van der Waals surface area contributed by atoms with E-state index < -0.39 is 0 Å². The molecular formula is C82H86N4. The number of para-hydroxylation sites is 7. The predicted octanol–water partition coefficient (Wildman–Crippen LogP) is 24.3. The SMILES string of the molecule is C.C.C.C.CC(C)(C)n1c2c(-c3ccccc3)cccc2c2cccc(-c3ccccc3)c21.CC(C)(C)n1c2ccccc2c2cc(-n3c4ccccc4c4ccccc43)ccc21.CC(C)(C)n1c2ccccc2c2cccc(-c3ccccc3)c21. The van der Waals surface area contributed by atoms with Crippen LogP contribution in [0.1, 0.15) is 92.0 Å². The van der Waals surface area contributed by atoms with E-state index >= 15 is 0 Å². The summed E-state index contributed by atoms with van der Waals surface area (Å²) in [5.41, 5.74) is 19.2. The fourth-order valence-electron chi connectivity index (χ4n) is 13.1. The molecule has 0 fully saturated rings. The second kappa shape index (κ2) is 23.9. The normalized spacial score (nSPS) is 11.6. The van der Waals surface area contributed by atoms with E-state index in [4.69, 9.17) is 0 Å². The Bertz CT molecular complexity index is 4680. The van der Waals surface area contributed by atoms with Gasteiger partial charge in [-0.15, -0.1) is 0 Å². The summed E-state index contributed by atoms with van der Waals surface area (Å²) in [5, 5.41) is 10.5. The molecule has 0 aliphatic heterocycles. The van der Waals surface area contributed by atoms with Gasteiger partial charge in [-0.3, -0.25) is 0 Å². The summed E-state index contributed by atoms with van der Waals surface area (Å²) in [4.78, 5) is 0. The quantitative estimate of drug-likeness (QED) is 0.167. The lowest BCUT2D eigenvalue weighted by Crippen LogP contribution is -2.22. The monoisotopic (exact) mass is 1130 g/mol. The van der Waals surface area contributed by atoms with Crippen molar-refractivity contribution in [2.24, 2.45) is 0 Å². The largest absolute Gasteiger partial charge is 0.335 e. The van der Waals surface area contributed by atoms with Crippen LogP contribution in [0.3, 0.4) is 0 Å². The molecule has 0 atom stereocenters. The van der Waals surface area contributed by atoms with Gasteiger partial charge in [-0.1, -0.05) is 248 Å². The molecule has 0 aliphatic carbocycles. The van der Waals surface area contributed by atoms with Crippen molar-refractivity contribution < 1.29 is 0 Å². The second-order valence-corrected chi connectivity index (χ2v) is 24.8. The van der Waals surface area contributed by atoms with E-state index in [9.17, 15) is 0 Å². The lowest BCUT2D eigenvalue weighted by molar-refractivity contribution is 0.423. The number of fused-ring (bicyclic) bond motifs is 12. The number of nitrogens with zero attached hydrogens (tertiary/aromatic N) is 4. The van der Waals surface area contributed by atoms with Gasteiger partial charge < -0.3 is 18.3 Å². The van der Waals surface area contributed by atoms with Gasteiger partial charge in [0.2, 0.25) is 0 Å². The van der Waals surface area contributed by atoms with Crippen LogP contribution in [0.25, 0.3) is 126 Å².